The van der Waals surface area contributed by atoms with Crippen molar-refractivity contribution in [3.8, 4) is 0 Å². The molecule has 0 unspecified atom stereocenters. The van der Waals surface area contributed by atoms with E-state index in [0.29, 0.717) is 44.2 Å². The molecule has 3 aliphatic rings. The minimum atomic E-state index is -0.0799. The number of amides is 2. The maximum Gasteiger partial charge on any atom is 0.227 e. The Morgan fingerprint density at radius 3 is 2.92 bits per heavy atom. The minimum absolute atomic E-state index is 0.0694. The molecular weight excluding hydrogens is 332 g/mol. The summed E-state index contributed by atoms with van der Waals surface area (Å²) in [6.07, 6.45) is 5.45. The summed E-state index contributed by atoms with van der Waals surface area (Å²) in [5.74, 6) is 0.154. The molecule has 0 spiro atoms. The lowest BCUT2D eigenvalue weighted by Gasteiger charge is -2.35. The predicted octanol–water partition coefficient (Wildman–Crippen LogP) is 1.02. The van der Waals surface area contributed by atoms with Gasteiger partial charge in [-0.1, -0.05) is 11.6 Å². The van der Waals surface area contributed by atoms with E-state index in [0.717, 1.165) is 12.8 Å². The fourth-order valence-corrected chi connectivity index (χ4v) is 3.71. The number of carbonyl (C=O) groups excluding carboxylic acids is 2. The summed E-state index contributed by atoms with van der Waals surface area (Å²) >= 11 is 5.83. The van der Waals surface area contributed by atoms with Crippen molar-refractivity contribution in [2.75, 3.05) is 33.4 Å². The summed E-state index contributed by atoms with van der Waals surface area (Å²) < 4.78 is 6.78. The molecule has 2 bridgehead atoms. The molecule has 0 aromatic carbocycles. The second-order valence-corrected chi connectivity index (χ2v) is 6.86. The van der Waals surface area contributed by atoms with Crippen LogP contribution in [-0.4, -0.2) is 70.8 Å². The van der Waals surface area contributed by atoms with Gasteiger partial charge < -0.3 is 14.5 Å². The first-order valence-corrected chi connectivity index (χ1v) is 8.71. The van der Waals surface area contributed by atoms with Gasteiger partial charge in [-0.15, -0.1) is 0 Å². The Morgan fingerprint density at radius 2 is 2.21 bits per heavy atom. The van der Waals surface area contributed by atoms with Crippen LogP contribution in [0.1, 0.15) is 19.3 Å². The van der Waals surface area contributed by atoms with Crippen molar-refractivity contribution in [2.45, 2.75) is 31.8 Å². The maximum absolute atomic E-state index is 12.6. The number of piperidine rings is 1. The van der Waals surface area contributed by atoms with E-state index in [1.807, 2.05) is 9.80 Å². The largest absolute Gasteiger partial charge is 0.383 e. The number of aryl methyl sites for hydroxylation is 1. The van der Waals surface area contributed by atoms with Crippen molar-refractivity contribution in [1.82, 2.24) is 19.6 Å². The smallest absolute Gasteiger partial charge is 0.227 e. The van der Waals surface area contributed by atoms with E-state index < -0.39 is 0 Å². The van der Waals surface area contributed by atoms with Crippen LogP contribution in [0.5, 0.6) is 0 Å². The topological polar surface area (TPSA) is 67.7 Å². The van der Waals surface area contributed by atoms with Crippen LogP contribution in [0.4, 0.5) is 0 Å². The van der Waals surface area contributed by atoms with Gasteiger partial charge in [0.15, 0.2) is 0 Å². The highest BCUT2D eigenvalue weighted by atomic mass is 35.5. The number of rotatable bonds is 6. The number of halogens is 1. The molecule has 8 heteroatoms. The van der Waals surface area contributed by atoms with Crippen LogP contribution in [0.25, 0.3) is 0 Å². The van der Waals surface area contributed by atoms with Gasteiger partial charge in [0.1, 0.15) is 0 Å². The summed E-state index contributed by atoms with van der Waals surface area (Å²) in [5.41, 5.74) is 0. The minimum Gasteiger partial charge on any atom is -0.383 e. The van der Waals surface area contributed by atoms with Gasteiger partial charge in [-0.2, -0.15) is 5.10 Å². The summed E-state index contributed by atoms with van der Waals surface area (Å²) in [6, 6.07) is 0.106. The Kier molecular flexibility index (Phi) is 5.40. The molecule has 3 fully saturated rings. The van der Waals surface area contributed by atoms with Crippen LogP contribution in [0, 0.1) is 5.92 Å². The van der Waals surface area contributed by atoms with Crippen molar-refractivity contribution < 1.29 is 14.3 Å². The summed E-state index contributed by atoms with van der Waals surface area (Å²) in [6.45, 7) is 2.77. The van der Waals surface area contributed by atoms with Crippen LogP contribution in [-0.2, 0) is 20.9 Å². The van der Waals surface area contributed by atoms with Gasteiger partial charge in [0.25, 0.3) is 0 Å². The molecule has 1 aromatic heterocycles. The second-order valence-electron chi connectivity index (χ2n) is 6.42. The van der Waals surface area contributed by atoms with Gasteiger partial charge in [0, 0.05) is 51.9 Å². The number of carbonyl (C=O) groups is 2. The number of methoxy groups -OCH3 is 1. The predicted molar refractivity (Wildman–Crippen MR) is 88.5 cm³/mol. The first kappa shape index (κ1) is 17.2. The fraction of sp³-hybridized carbons (Fsp3) is 0.688. The van der Waals surface area contributed by atoms with E-state index in [2.05, 4.69) is 5.10 Å². The Hall–Kier alpha value is -1.60. The highest BCUT2D eigenvalue weighted by molar-refractivity contribution is 6.30. The zero-order valence-electron chi connectivity index (χ0n) is 13.9. The van der Waals surface area contributed by atoms with Gasteiger partial charge in [-0.05, 0) is 12.8 Å². The lowest BCUT2D eigenvalue weighted by atomic mass is 9.94. The average Bonchev–Trinajstić information content (AvgIpc) is 2.80. The third-order valence-corrected chi connectivity index (χ3v) is 5.03. The van der Waals surface area contributed by atoms with E-state index >= 15 is 0 Å². The van der Waals surface area contributed by atoms with Crippen molar-refractivity contribution in [3.05, 3.63) is 17.4 Å². The highest BCUT2D eigenvalue weighted by Gasteiger charge is 2.41. The van der Waals surface area contributed by atoms with Crippen molar-refractivity contribution >= 4 is 23.4 Å². The number of hydrogen-bond donors (Lipinski definition) is 0. The van der Waals surface area contributed by atoms with E-state index in [4.69, 9.17) is 16.3 Å². The number of fused-ring (bicyclic) bond motifs is 4. The molecular formula is C16H23ClN4O3. The first-order valence-electron chi connectivity index (χ1n) is 8.33. The van der Waals surface area contributed by atoms with Crippen molar-refractivity contribution in [1.29, 1.82) is 0 Å². The van der Waals surface area contributed by atoms with E-state index in [1.54, 1.807) is 24.2 Å². The van der Waals surface area contributed by atoms with Gasteiger partial charge in [-0.25, -0.2) is 0 Å². The number of nitrogens with zero attached hydrogens (tertiary/aromatic N) is 4. The van der Waals surface area contributed by atoms with E-state index in [9.17, 15) is 9.59 Å². The Morgan fingerprint density at radius 1 is 1.38 bits per heavy atom. The molecule has 132 valence electrons. The molecule has 2 atom stereocenters. The molecule has 1 aromatic rings. The number of ether oxygens (including phenoxy) is 1. The lowest BCUT2D eigenvalue weighted by molar-refractivity contribution is -0.140. The average molecular weight is 355 g/mol. The van der Waals surface area contributed by atoms with Gasteiger partial charge >= 0.3 is 0 Å². The first-order chi connectivity index (χ1) is 11.6. The molecule has 0 saturated carbocycles. The number of hydrogen-bond acceptors (Lipinski definition) is 4. The molecule has 4 rings (SSSR count). The molecule has 0 radical (unpaired) electrons. The quantitative estimate of drug-likeness (QED) is 0.765. The highest BCUT2D eigenvalue weighted by Crippen LogP contribution is 2.29. The van der Waals surface area contributed by atoms with E-state index in [-0.39, 0.29) is 23.8 Å². The molecule has 2 amide bonds. The third kappa shape index (κ3) is 3.72. The maximum atomic E-state index is 12.6. The van der Waals surface area contributed by atoms with Crippen LogP contribution in [0.3, 0.4) is 0 Å². The molecule has 3 aliphatic heterocycles. The molecule has 0 N–H and O–H groups in total. The summed E-state index contributed by atoms with van der Waals surface area (Å²) in [5, 5.41) is 4.65. The molecule has 7 nitrogen and oxygen atoms in total. The SMILES string of the molecule is COCCN1C(=O)[C@H]2CC[C@@H]1CN(C(=O)CCn1cc(Cl)cn1)C2. The van der Waals surface area contributed by atoms with Gasteiger partial charge in [-0.3, -0.25) is 14.3 Å². The monoisotopic (exact) mass is 354 g/mol. The van der Waals surface area contributed by atoms with Crippen molar-refractivity contribution in [3.63, 3.8) is 0 Å². The van der Waals surface area contributed by atoms with Gasteiger partial charge in [0.05, 0.1) is 23.7 Å². The molecule has 4 heterocycles. The van der Waals surface area contributed by atoms with Crippen molar-refractivity contribution in [2.24, 2.45) is 5.92 Å². The Labute approximate surface area is 146 Å². The van der Waals surface area contributed by atoms with Gasteiger partial charge in [0.2, 0.25) is 11.8 Å². The molecule has 24 heavy (non-hydrogen) atoms. The molecule has 0 aliphatic carbocycles. The summed E-state index contributed by atoms with van der Waals surface area (Å²) in [4.78, 5) is 28.9. The van der Waals surface area contributed by atoms with Crippen LogP contribution in [0.15, 0.2) is 12.4 Å². The van der Waals surface area contributed by atoms with Crippen LogP contribution >= 0.6 is 11.6 Å². The lowest BCUT2D eigenvalue weighted by Crippen LogP contribution is -2.49. The second kappa shape index (κ2) is 7.53. The molecule has 3 saturated heterocycles. The zero-order chi connectivity index (χ0) is 17.1. The Balaban J connectivity index is 1.61. The Bertz CT molecular complexity index is 606. The third-order valence-electron chi connectivity index (χ3n) is 4.84. The van der Waals surface area contributed by atoms with Crippen LogP contribution in [0.2, 0.25) is 5.02 Å². The zero-order valence-corrected chi connectivity index (χ0v) is 14.6. The normalized spacial score (nSPS) is 23.7. The fourth-order valence-electron chi connectivity index (χ4n) is 3.56. The van der Waals surface area contributed by atoms with Crippen LogP contribution < -0.4 is 0 Å². The number of aromatic nitrogens is 2. The summed E-state index contributed by atoms with van der Waals surface area (Å²) in [7, 11) is 1.64. The standard InChI is InChI=1S/C16H23ClN4O3/c1-24-7-6-21-14-3-2-12(16(21)23)9-19(11-14)15(22)4-5-20-10-13(17)8-18-20/h8,10,12,14H,2-7,9,11H2,1H3/t12-,14+/m0/s1. The van der Waals surface area contributed by atoms with E-state index in [1.165, 1.54) is 0 Å².